The zero-order valence-electron chi connectivity index (χ0n) is 13.1. The predicted octanol–water partition coefficient (Wildman–Crippen LogP) is 4.06. The Morgan fingerprint density at radius 2 is 1.84 bits per heavy atom. The first-order chi connectivity index (χ1) is 12.0. The molecular weight excluding hydrogens is 383 g/mol. The molecule has 2 heterocycles. The van der Waals surface area contributed by atoms with Gasteiger partial charge in [-0.1, -0.05) is 34.5 Å². The second-order valence-corrected chi connectivity index (χ2v) is 7.22. The lowest BCUT2D eigenvalue weighted by Crippen LogP contribution is -2.16. The predicted molar refractivity (Wildman–Crippen MR) is 98.1 cm³/mol. The van der Waals surface area contributed by atoms with Crippen LogP contribution in [-0.4, -0.2) is 23.7 Å². The number of amides is 1. The van der Waals surface area contributed by atoms with Gasteiger partial charge in [0, 0.05) is 12.6 Å². The number of hydrogen-bond acceptors (Lipinski definition) is 4. The second-order valence-electron chi connectivity index (χ2n) is 5.43. The van der Waals surface area contributed by atoms with Crippen LogP contribution in [0.2, 0.25) is 10.0 Å². The van der Waals surface area contributed by atoms with Crippen molar-refractivity contribution in [2.75, 3.05) is 13.2 Å². The quantitative estimate of drug-likeness (QED) is 0.625. The van der Waals surface area contributed by atoms with Crippen LogP contribution in [0.25, 0.3) is 10.2 Å². The third-order valence-electron chi connectivity index (χ3n) is 3.84. The number of thiazole rings is 1. The SMILES string of the molecule is Cn1c(=NC(=O)c2ccc3c(c2)OCCO3)sc2c(Cl)ccc(Cl)c21. The van der Waals surface area contributed by atoms with E-state index in [0.29, 0.717) is 45.1 Å². The van der Waals surface area contributed by atoms with Crippen molar-refractivity contribution >= 4 is 50.7 Å². The maximum absolute atomic E-state index is 12.6. The molecule has 25 heavy (non-hydrogen) atoms. The van der Waals surface area contributed by atoms with Gasteiger partial charge in [-0.2, -0.15) is 4.99 Å². The first-order valence-electron chi connectivity index (χ1n) is 7.47. The molecule has 8 heteroatoms. The molecule has 0 aliphatic carbocycles. The van der Waals surface area contributed by atoms with Crippen LogP contribution in [0, 0.1) is 0 Å². The molecule has 1 aliphatic heterocycles. The Hall–Kier alpha value is -2.02. The smallest absolute Gasteiger partial charge is 0.279 e. The van der Waals surface area contributed by atoms with Gasteiger partial charge in [0.2, 0.25) is 0 Å². The van der Waals surface area contributed by atoms with Gasteiger partial charge in [-0.25, -0.2) is 0 Å². The number of benzene rings is 2. The summed E-state index contributed by atoms with van der Waals surface area (Å²) in [5, 5.41) is 1.14. The summed E-state index contributed by atoms with van der Waals surface area (Å²) < 4.78 is 13.5. The summed E-state index contributed by atoms with van der Waals surface area (Å²) in [7, 11) is 1.80. The molecule has 0 spiro atoms. The zero-order chi connectivity index (χ0) is 17.6. The number of aromatic nitrogens is 1. The summed E-state index contributed by atoms with van der Waals surface area (Å²) in [5.74, 6) is 0.819. The van der Waals surface area contributed by atoms with Crippen LogP contribution < -0.4 is 14.3 Å². The fourth-order valence-corrected chi connectivity index (χ4v) is 4.27. The van der Waals surface area contributed by atoms with Gasteiger partial charge in [0.1, 0.15) is 13.2 Å². The summed E-state index contributed by atoms with van der Waals surface area (Å²) in [6.45, 7) is 0.966. The van der Waals surface area contributed by atoms with Crippen LogP contribution in [0.4, 0.5) is 0 Å². The van der Waals surface area contributed by atoms with Crippen molar-refractivity contribution < 1.29 is 14.3 Å². The van der Waals surface area contributed by atoms with Crippen molar-refractivity contribution in [3.63, 3.8) is 0 Å². The van der Waals surface area contributed by atoms with E-state index in [1.54, 1.807) is 41.9 Å². The monoisotopic (exact) mass is 394 g/mol. The number of nitrogens with zero attached hydrogens (tertiary/aromatic N) is 2. The van der Waals surface area contributed by atoms with Crippen LogP contribution in [-0.2, 0) is 7.05 Å². The summed E-state index contributed by atoms with van der Waals surface area (Å²) in [6, 6.07) is 8.50. The van der Waals surface area contributed by atoms with E-state index in [-0.39, 0.29) is 5.91 Å². The van der Waals surface area contributed by atoms with Gasteiger partial charge in [0.25, 0.3) is 5.91 Å². The van der Waals surface area contributed by atoms with Gasteiger partial charge in [-0.3, -0.25) is 4.79 Å². The van der Waals surface area contributed by atoms with E-state index in [9.17, 15) is 4.79 Å². The zero-order valence-corrected chi connectivity index (χ0v) is 15.4. The standard InChI is InChI=1S/C17H12Cl2N2O3S/c1-21-14-10(18)3-4-11(19)15(14)25-17(21)20-16(22)9-2-5-12-13(8-9)24-7-6-23-12/h2-5,8H,6-7H2,1H3. The van der Waals surface area contributed by atoms with E-state index in [0.717, 1.165) is 10.2 Å². The lowest BCUT2D eigenvalue weighted by Gasteiger charge is -2.18. The van der Waals surface area contributed by atoms with Crippen molar-refractivity contribution in [2.24, 2.45) is 12.0 Å². The lowest BCUT2D eigenvalue weighted by atomic mass is 10.2. The highest BCUT2D eigenvalue weighted by Gasteiger charge is 2.16. The first-order valence-corrected chi connectivity index (χ1v) is 9.04. The number of fused-ring (bicyclic) bond motifs is 2. The van der Waals surface area contributed by atoms with Crippen LogP contribution in [0.15, 0.2) is 35.3 Å². The van der Waals surface area contributed by atoms with E-state index >= 15 is 0 Å². The molecule has 1 aliphatic rings. The highest BCUT2D eigenvalue weighted by atomic mass is 35.5. The van der Waals surface area contributed by atoms with Crippen molar-refractivity contribution in [2.45, 2.75) is 0 Å². The first kappa shape index (κ1) is 16.4. The minimum atomic E-state index is -0.369. The van der Waals surface area contributed by atoms with E-state index in [4.69, 9.17) is 32.7 Å². The largest absolute Gasteiger partial charge is 0.486 e. The number of ether oxygens (including phenoxy) is 2. The van der Waals surface area contributed by atoms with Gasteiger partial charge >= 0.3 is 0 Å². The average molecular weight is 395 g/mol. The van der Waals surface area contributed by atoms with Gasteiger partial charge in [-0.05, 0) is 30.3 Å². The highest BCUT2D eigenvalue weighted by molar-refractivity contribution is 7.17. The molecule has 0 unspecified atom stereocenters. The molecule has 0 bridgehead atoms. The molecule has 0 saturated heterocycles. The molecule has 0 fully saturated rings. The minimum absolute atomic E-state index is 0.369. The Morgan fingerprint density at radius 3 is 2.60 bits per heavy atom. The Morgan fingerprint density at radius 1 is 1.12 bits per heavy atom. The summed E-state index contributed by atoms with van der Waals surface area (Å²) in [6.07, 6.45) is 0. The molecule has 1 amide bonds. The van der Waals surface area contributed by atoms with E-state index in [1.807, 2.05) is 0 Å². The molecule has 2 aromatic carbocycles. The molecule has 0 atom stereocenters. The molecule has 1 aromatic heterocycles. The number of rotatable bonds is 1. The molecule has 128 valence electrons. The molecule has 0 radical (unpaired) electrons. The van der Waals surface area contributed by atoms with Gasteiger partial charge in [-0.15, -0.1) is 0 Å². The maximum atomic E-state index is 12.6. The minimum Gasteiger partial charge on any atom is -0.486 e. The van der Waals surface area contributed by atoms with Gasteiger partial charge in [0.05, 0.1) is 20.3 Å². The van der Waals surface area contributed by atoms with E-state index < -0.39 is 0 Å². The molecule has 3 aromatic rings. The van der Waals surface area contributed by atoms with Crippen molar-refractivity contribution in [1.29, 1.82) is 0 Å². The highest BCUT2D eigenvalue weighted by Crippen LogP contribution is 2.32. The second kappa shape index (κ2) is 6.37. The van der Waals surface area contributed by atoms with Crippen LogP contribution in [0.5, 0.6) is 11.5 Å². The van der Waals surface area contributed by atoms with Crippen LogP contribution in [0.1, 0.15) is 10.4 Å². The number of hydrogen-bond donors (Lipinski definition) is 0. The Balaban J connectivity index is 1.80. The molecule has 0 N–H and O–H groups in total. The Labute approximate surface area is 157 Å². The topological polar surface area (TPSA) is 52.8 Å². The fraction of sp³-hybridized carbons (Fsp3) is 0.176. The third kappa shape index (κ3) is 2.90. The Kier molecular flexibility index (Phi) is 4.19. The number of halogens is 2. The van der Waals surface area contributed by atoms with E-state index in [1.165, 1.54) is 11.3 Å². The van der Waals surface area contributed by atoms with Gasteiger partial charge in [0.15, 0.2) is 16.3 Å². The van der Waals surface area contributed by atoms with E-state index in [2.05, 4.69) is 4.99 Å². The van der Waals surface area contributed by atoms with Crippen LogP contribution >= 0.6 is 34.5 Å². The Bertz CT molecular complexity index is 1070. The van der Waals surface area contributed by atoms with Crippen LogP contribution in [0.3, 0.4) is 0 Å². The lowest BCUT2D eigenvalue weighted by molar-refractivity contribution is 0.0996. The van der Waals surface area contributed by atoms with Crippen molar-refractivity contribution in [3.05, 3.63) is 50.7 Å². The van der Waals surface area contributed by atoms with Crippen molar-refractivity contribution in [1.82, 2.24) is 4.57 Å². The molecular formula is C17H12Cl2N2O3S. The summed E-state index contributed by atoms with van der Waals surface area (Å²) in [4.78, 5) is 17.3. The summed E-state index contributed by atoms with van der Waals surface area (Å²) in [5.41, 5.74) is 1.19. The normalized spacial score (nSPS) is 14.1. The fourth-order valence-electron chi connectivity index (χ4n) is 2.61. The molecule has 5 nitrogen and oxygen atoms in total. The third-order valence-corrected chi connectivity index (χ3v) is 5.73. The molecule has 4 rings (SSSR count). The average Bonchev–Trinajstić information content (AvgIpc) is 2.95. The molecule has 0 saturated carbocycles. The van der Waals surface area contributed by atoms with Crippen molar-refractivity contribution in [3.8, 4) is 11.5 Å². The number of aryl methyl sites for hydroxylation is 1. The van der Waals surface area contributed by atoms with Gasteiger partial charge < -0.3 is 14.0 Å². The number of carbonyl (C=O) groups is 1. The summed E-state index contributed by atoms with van der Waals surface area (Å²) >= 11 is 13.8. The number of carbonyl (C=O) groups excluding carboxylic acids is 1. The maximum Gasteiger partial charge on any atom is 0.279 e.